The summed E-state index contributed by atoms with van der Waals surface area (Å²) in [7, 11) is 0. The molecule has 24 heavy (non-hydrogen) atoms. The maximum atomic E-state index is 12.5. The first kappa shape index (κ1) is 14.9. The normalized spacial score (nSPS) is 28.0. The average Bonchev–Trinajstić information content (AvgIpc) is 3.19. The van der Waals surface area contributed by atoms with Crippen LogP contribution in [0.15, 0.2) is 65.8 Å². The van der Waals surface area contributed by atoms with Gasteiger partial charge in [0.15, 0.2) is 6.10 Å². The lowest BCUT2D eigenvalue weighted by atomic mass is 9.91. The van der Waals surface area contributed by atoms with Gasteiger partial charge in [-0.1, -0.05) is 53.7 Å². The van der Waals surface area contributed by atoms with Crippen molar-refractivity contribution in [1.29, 1.82) is 0 Å². The smallest absolute Gasteiger partial charge is 0.251 e. The Morgan fingerprint density at radius 3 is 2.46 bits per heavy atom. The molecule has 4 atom stereocenters. The Hall–Kier alpha value is -2.66. The van der Waals surface area contributed by atoms with E-state index in [1.54, 1.807) is 12.1 Å². The van der Waals surface area contributed by atoms with Crippen LogP contribution in [0.1, 0.15) is 22.3 Å². The van der Waals surface area contributed by atoms with Gasteiger partial charge in [-0.2, -0.15) is 0 Å². The van der Waals surface area contributed by atoms with Crippen molar-refractivity contribution in [1.82, 2.24) is 5.32 Å². The fraction of sp³-hybridized carbons (Fsp3) is 0.263. The van der Waals surface area contributed by atoms with E-state index in [4.69, 9.17) is 4.84 Å². The Kier molecular flexibility index (Phi) is 3.78. The largest absolute Gasteiger partial charge is 0.389 e. The fourth-order valence-corrected chi connectivity index (χ4v) is 3.51. The van der Waals surface area contributed by atoms with E-state index >= 15 is 0 Å². The predicted octanol–water partition coefficient (Wildman–Crippen LogP) is 1.97. The van der Waals surface area contributed by atoms with Gasteiger partial charge in [0.2, 0.25) is 0 Å². The molecular formula is C19H18N2O3. The van der Waals surface area contributed by atoms with Crippen molar-refractivity contribution >= 4 is 11.6 Å². The first-order chi connectivity index (χ1) is 11.7. The monoisotopic (exact) mass is 322 g/mol. The summed E-state index contributed by atoms with van der Waals surface area (Å²) >= 11 is 0. The molecule has 0 unspecified atom stereocenters. The van der Waals surface area contributed by atoms with E-state index in [2.05, 4.69) is 10.5 Å². The molecule has 4 rings (SSSR count). The third-order valence-electron chi connectivity index (χ3n) is 4.67. The number of hydrogen-bond donors (Lipinski definition) is 2. The highest BCUT2D eigenvalue weighted by Gasteiger charge is 2.51. The SMILES string of the molecule is O=C(N[C@@H]1C[C@H](O)[C@H]2ON=C(c3ccccc3)[C@H]21)c1ccccc1. The molecule has 2 aromatic rings. The van der Waals surface area contributed by atoms with Crippen molar-refractivity contribution in [2.75, 3.05) is 0 Å². The summed E-state index contributed by atoms with van der Waals surface area (Å²) in [4.78, 5) is 17.9. The van der Waals surface area contributed by atoms with Crippen LogP contribution in [0.5, 0.6) is 0 Å². The summed E-state index contributed by atoms with van der Waals surface area (Å²) in [5.74, 6) is -0.289. The van der Waals surface area contributed by atoms with Crippen molar-refractivity contribution in [2.24, 2.45) is 11.1 Å². The van der Waals surface area contributed by atoms with E-state index in [9.17, 15) is 9.90 Å². The lowest BCUT2D eigenvalue weighted by Crippen LogP contribution is -2.41. The van der Waals surface area contributed by atoms with E-state index in [1.807, 2.05) is 48.5 Å². The third-order valence-corrected chi connectivity index (χ3v) is 4.67. The van der Waals surface area contributed by atoms with Gasteiger partial charge in [-0.3, -0.25) is 4.79 Å². The van der Waals surface area contributed by atoms with Gasteiger partial charge >= 0.3 is 0 Å². The molecule has 1 amide bonds. The van der Waals surface area contributed by atoms with Gasteiger partial charge in [0.1, 0.15) is 0 Å². The highest BCUT2D eigenvalue weighted by molar-refractivity contribution is 6.04. The highest BCUT2D eigenvalue weighted by Crippen LogP contribution is 2.37. The number of amides is 1. The van der Waals surface area contributed by atoms with E-state index < -0.39 is 12.2 Å². The molecule has 2 N–H and O–H groups in total. The summed E-state index contributed by atoms with van der Waals surface area (Å²) in [6.07, 6.45) is -0.581. The van der Waals surface area contributed by atoms with Crippen LogP contribution in [-0.2, 0) is 4.84 Å². The summed E-state index contributed by atoms with van der Waals surface area (Å²) in [5, 5.41) is 17.5. The molecule has 1 heterocycles. The van der Waals surface area contributed by atoms with Crippen LogP contribution in [0, 0.1) is 5.92 Å². The molecule has 5 heteroatoms. The van der Waals surface area contributed by atoms with E-state index in [0.717, 1.165) is 11.3 Å². The summed E-state index contributed by atoms with van der Waals surface area (Å²) in [6.45, 7) is 0. The zero-order chi connectivity index (χ0) is 16.5. The third kappa shape index (κ3) is 2.57. The van der Waals surface area contributed by atoms with Crippen LogP contribution in [0.3, 0.4) is 0 Å². The molecule has 5 nitrogen and oxygen atoms in total. The lowest BCUT2D eigenvalue weighted by molar-refractivity contribution is -0.0103. The second-order valence-corrected chi connectivity index (χ2v) is 6.19. The van der Waals surface area contributed by atoms with Gasteiger partial charge in [-0.15, -0.1) is 0 Å². The van der Waals surface area contributed by atoms with E-state index in [-0.39, 0.29) is 17.9 Å². The summed E-state index contributed by atoms with van der Waals surface area (Å²) in [5.41, 5.74) is 2.35. The minimum atomic E-state index is -0.638. The molecule has 0 saturated heterocycles. The van der Waals surface area contributed by atoms with E-state index in [1.165, 1.54) is 0 Å². The maximum Gasteiger partial charge on any atom is 0.251 e. The minimum Gasteiger partial charge on any atom is -0.389 e. The number of benzene rings is 2. The Morgan fingerprint density at radius 1 is 1.08 bits per heavy atom. The number of nitrogens with one attached hydrogen (secondary N) is 1. The molecule has 0 spiro atoms. The number of rotatable bonds is 3. The molecule has 1 aliphatic heterocycles. The Balaban J connectivity index is 1.57. The van der Waals surface area contributed by atoms with Gasteiger partial charge in [0, 0.05) is 11.6 Å². The number of nitrogens with zero attached hydrogens (tertiary/aromatic N) is 1. The summed E-state index contributed by atoms with van der Waals surface area (Å²) < 4.78 is 0. The molecule has 1 aliphatic carbocycles. The number of aliphatic hydroxyl groups excluding tert-OH is 1. The van der Waals surface area contributed by atoms with Gasteiger partial charge in [0.25, 0.3) is 5.91 Å². The Bertz CT molecular complexity index is 761. The summed E-state index contributed by atoms with van der Waals surface area (Å²) in [6, 6.07) is 18.6. The van der Waals surface area contributed by atoms with E-state index in [0.29, 0.717) is 12.0 Å². The molecule has 1 fully saturated rings. The molecule has 0 aromatic heterocycles. The molecule has 1 saturated carbocycles. The number of carbonyl (C=O) groups is 1. The van der Waals surface area contributed by atoms with Gasteiger partial charge in [0.05, 0.1) is 17.7 Å². The zero-order valence-corrected chi connectivity index (χ0v) is 13.0. The maximum absolute atomic E-state index is 12.5. The topological polar surface area (TPSA) is 70.9 Å². The first-order valence-electron chi connectivity index (χ1n) is 8.07. The number of hydrogen-bond acceptors (Lipinski definition) is 4. The van der Waals surface area contributed by atoms with Crippen molar-refractivity contribution in [3.05, 3.63) is 71.8 Å². The number of aliphatic hydroxyl groups is 1. The van der Waals surface area contributed by atoms with Crippen LogP contribution in [0.4, 0.5) is 0 Å². The Labute approximate surface area is 139 Å². The second kappa shape index (κ2) is 6.09. The van der Waals surface area contributed by atoms with Crippen LogP contribution in [0.25, 0.3) is 0 Å². The van der Waals surface area contributed by atoms with Crippen LogP contribution in [0.2, 0.25) is 0 Å². The predicted molar refractivity (Wildman–Crippen MR) is 89.7 cm³/mol. The van der Waals surface area contributed by atoms with Crippen molar-refractivity contribution in [3.63, 3.8) is 0 Å². The molecule has 0 radical (unpaired) electrons. The Morgan fingerprint density at radius 2 is 1.75 bits per heavy atom. The van der Waals surface area contributed by atoms with Crippen molar-refractivity contribution in [2.45, 2.75) is 24.7 Å². The van der Waals surface area contributed by atoms with Crippen molar-refractivity contribution < 1.29 is 14.7 Å². The molecule has 2 aromatic carbocycles. The molecule has 2 aliphatic rings. The van der Waals surface area contributed by atoms with Gasteiger partial charge in [-0.25, -0.2) is 0 Å². The second-order valence-electron chi connectivity index (χ2n) is 6.19. The minimum absolute atomic E-state index is 0.143. The number of fused-ring (bicyclic) bond motifs is 1. The van der Waals surface area contributed by atoms with Crippen LogP contribution < -0.4 is 5.32 Å². The fourth-order valence-electron chi connectivity index (χ4n) is 3.51. The highest BCUT2D eigenvalue weighted by atomic mass is 16.7. The first-order valence-corrected chi connectivity index (χ1v) is 8.07. The molecule has 0 bridgehead atoms. The van der Waals surface area contributed by atoms with Crippen LogP contribution in [-0.4, -0.2) is 35.0 Å². The van der Waals surface area contributed by atoms with Gasteiger partial charge < -0.3 is 15.3 Å². The lowest BCUT2D eigenvalue weighted by Gasteiger charge is -2.20. The number of carbonyl (C=O) groups excluding carboxylic acids is 1. The van der Waals surface area contributed by atoms with Crippen molar-refractivity contribution in [3.8, 4) is 0 Å². The molecular weight excluding hydrogens is 304 g/mol. The number of oxime groups is 1. The van der Waals surface area contributed by atoms with Gasteiger partial charge in [-0.05, 0) is 24.1 Å². The zero-order valence-electron chi connectivity index (χ0n) is 13.0. The van der Waals surface area contributed by atoms with Crippen LogP contribution >= 0.6 is 0 Å². The average molecular weight is 322 g/mol. The quantitative estimate of drug-likeness (QED) is 0.907. The standard InChI is InChI=1S/C19H18N2O3/c22-15-11-14(20-19(23)13-9-5-2-6-10-13)16-17(21-24-18(15)16)12-7-3-1-4-8-12/h1-10,14-16,18,22H,11H2,(H,20,23)/t14-,15+,16-,18-/m1/s1. The molecule has 122 valence electrons.